The lowest BCUT2D eigenvalue weighted by atomic mass is 10.3. The van der Waals surface area contributed by atoms with Crippen LogP contribution in [-0.4, -0.2) is 30.7 Å². The van der Waals surface area contributed by atoms with Gasteiger partial charge in [-0.2, -0.15) is 0 Å². The molecular formula is C8H9N5O. The molecule has 0 saturated heterocycles. The van der Waals surface area contributed by atoms with E-state index in [1.165, 1.54) is 17.8 Å². The summed E-state index contributed by atoms with van der Waals surface area (Å²) in [5.41, 5.74) is 0.487. The van der Waals surface area contributed by atoms with Gasteiger partial charge in [-0.05, 0) is 0 Å². The molecule has 0 amide bonds. The molecule has 0 bridgehead atoms. The number of carbonyl (C=O) groups excluding carboxylic acids is 1. The Morgan fingerprint density at radius 2 is 2.50 bits per heavy atom. The zero-order valence-corrected chi connectivity index (χ0v) is 7.64. The van der Waals surface area contributed by atoms with Crippen LogP contribution in [0.1, 0.15) is 23.2 Å². The molecule has 0 unspecified atom stereocenters. The molecule has 2 aromatic heterocycles. The molecule has 0 atom stereocenters. The zero-order valence-electron chi connectivity index (χ0n) is 7.64. The first-order valence-corrected chi connectivity index (χ1v) is 4.15. The molecule has 6 nitrogen and oxygen atoms in total. The van der Waals surface area contributed by atoms with E-state index in [0.717, 1.165) is 5.82 Å². The number of H-pyrrole nitrogens is 1. The molecule has 0 aliphatic carbocycles. The van der Waals surface area contributed by atoms with Crippen LogP contribution < -0.4 is 0 Å². The van der Waals surface area contributed by atoms with Crippen molar-refractivity contribution in [3.05, 3.63) is 30.1 Å². The van der Waals surface area contributed by atoms with Crippen molar-refractivity contribution in [3.63, 3.8) is 0 Å². The average Bonchev–Trinajstić information content (AvgIpc) is 2.75. The normalized spacial score (nSPS) is 10.4. The maximum Gasteiger partial charge on any atom is 0.179 e. The van der Waals surface area contributed by atoms with Crippen molar-refractivity contribution in [2.45, 2.75) is 13.5 Å². The first kappa shape index (κ1) is 8.61. The molecule has 0 aliphatic heterocycles. The lowest BCUT2D eigenvalue weighted by Crippen LogP contribution is -2.10. The number of aromatic nitrogens is 5. The van der Waals surface area contributed by atoms with E-state index < -0.39 is 0 Å². The predicted molar refractivity (Wildman–Crippen MR) is 47.7 cm³/mol. The monoisotopic (exact) mass is 191 g/mol. The molecule has 0 spiro atoms. The minimum Gasteiger partial charge on any atom is -0.347 e. The molecule has 1 N–H and O–H groups in total. The summed E-state index contributed by atoms with van der Waals surface area (Å²) in [5.74, 6) is 0.694. The third-order valence-corrected chi connectivity index (χ3v) is 1.83. The highest BCUT2D eigenvalue weighted by molar-refractivity contribution is 5.91. The Balaban J connectivity index is 2.25. The van der Waals surface area contributed by atoms with Crippen LogP contribution in [0.15, 0.2) is 18.6 Å². The van der Waals surface area contributed by atoms with Crippen LogP contribution in [0.3, 0.4) is 0 Å². The molecule has 0 radical (unpaired) electrons. The van der Waals surface area contributed by atoms with Gasteiger partial charge in [-0.25, -0.2) is 9.67 Å². The number of nitrogens with one attached hydrogen (secondary N) is 1. The van der Waals surface area contributed by atoms with Crippen molar-refractivity contribution in [1.82, 2.24) is 25.0 Å². The van der Waals surface area contributed by atoms with Gasteiger partial charge in [0.15, 0.2) is 5.78 Å². The van der Waals surface area contributed by atoms with Gasteiger partial charge in [0.2, 0.25) is 0 Å². The summed E-state index contributed by atoms with van der Waals surface area (Å²) in [6.45, 7) is 1.92. The molecule has 6 heteroatoms. The molecule has 0 aromatic carbocycles. The van der Waals surface area contributed by atoms with Crippen LogP contribution in [-0.2, 0) is 6.54 Å². The maximum atomic E-state index is 11.1. The second-order valence-corrected chi connectivity index (χ2v) is 2.87. The van der Waals surface area contributed by atoms with E-state index in [0.29, 0.717) is 12.2 Å². The van der Waals surface area contributed by atoms with Crippen LogP contribution in [0.4, 0.5) is 0 Å². The average molecular weight is 191 g/mol. The minimum absolute atomic E-state index is 0.0541. The van der Waals surface area contributed by atoms with E-state index in [1.807, 2.05) is 0 Å². The summed E-state index contributed by atoms with van der Waals surface area (Å²) in [6, 6.07) is 0. The van der Waals surface area contributed by atoms with E-state index in [1.54, 1.807) is 12.4 Å². The molecule has 72 valence electrons. The van der Waals surface area contributed by atoms with Crippen molar-refractivity contribution in [3.8, 4) is 0 Å². The Morgan fingerprint density at radius 3 is 3.14 bits per heavy atom. The summed E-state index contributed by atoms with van der Waals surface area (Å²) < 4.78 is 1.52. The van der Waals surface area contributed by atoms with Gasteiger partial charge in [0.05, 0.1) is 6.20 Å². The maximum absolute atomic E-state index is 11.1. The van der Waals surface area contributed by atoms with Crippen LogP contribution in [0, 0.1) is 0 Å². The molecular weight excluding hydrogens is 182 g/mol. The molecule has 0 saturated carbocycles. The lowest BCUT2D eigenvalue weighted by Gasteiger charge is -1.99. The van der Waals surface area contributed by atoms with Crippen molar-refractivity contribution in [1.29, 1.82) is 0 Å². The van der Waals surface area contributed by atoms with Gasteiger partial charge < -0.3 is 4.98 Å². The Morgan fingerprint density at radius 1 is 1.64 bits per heavy atom. The highest BCUT2D eigenvalue weighted by Crippen LogP contribution is 2.00. The third-order valence-electron chi connectivity index (χ3n) is 1.83. The fraction of sp³-hybridized carbons (Fsp3) is 0.250. The predicted octanol–water partition coefficient (Wildman–Crippen LogP) is 0.252. The van der Waals surface area contributed by atoms with Crippen LogP contribution in [0.5, 0.6) is 0 Å². The molecule has 2 rings (SSSR count). The van der Waals surface area contributed by atoms with Gasteiger partial charge in [-0.1, -0.05) is 5.21 Å². The topological polar surface area (TPSA) is 76.5 Å². The molecule has 2 aromatic rings. The van der Waals surface area contributed by atoms with Gasteiger partial charge in [-0.3, -0.25) is 4.79 Å². The standard InChI is InChI=1S/C8H9N5O/c1-6(14)7-4-11-12-13(7)5-8-9-2-3-10-8/h2-4H,5H2,1H3,(H,9,10). The van der Waals surface area contributed by atoms with Crippen molar-refractivity contribution in [2.24, 2.45) is 0 Å². The van der Waals surface area contributed by atoms with E-state index in [9.17, 15) is 4.79 Å². The summed E-state index contributed by atoms with van der Waals surface area (Å²) in [7, 11) is 0. The van der Waals surface area contributed by atoms with E-state index in [4.69, 9.17) is 0 Å². The first-order valence-electron chi connectivity index (χ1n) is 4.15. The minimum atomic E-state index is -0.0541. The summed E-state index contributed by atoms with van der Waals surface area (Å²) in [6.07, 6.45) is 4.82. The van der Waals surface area contributed by atoms with Gasteiger partial charge >= 0.3 is 0 Å². The molecule has 0 aliphatic rings. The number of hydrogen-bond donors (Lipinski definition) is 1. The Labute approximate surface area is 80.0 Å². The Kier molecular flexibility index (Phi) is 2.10. The van der Waals surface area contributed by atoms with Gasteiger partial charge in [0.25, 0.3) is 0 Å². The molecule has 14 heavy (non-hydrogen) atoms. The third kappa shape index (κ3) is 1.54. The van der Waals surface area contributed by atoms with Crippen LogP contribution >= 0.6 is 0 Å². The highest BCUT2D eigenvalue weighted by atomic mass is 16.1. The van der Waals surface area contributed by atoms with Gasteiger partial charge in [0, 0.05) is 19.3 Å². The fourth-order valence-electron chi connectivity index (χ4n) is 1.17. The number of carbonyl (C=O) groups is 1. The Hall–Kier alpha value is -1.98. The summed E-state index contributed by atoms with van der Waals surface area (Å²) in [5, 5.41) is 7.47. The number of Topliss-reactive ketones (excluding diaryl/α,β-unsaturated/α-hetero) is 1. The van der Waals surface area contributed by atoms with Crippen LogP contribution in [0.25, 0.3) is 0 Å². The van der Waals surface area contributed by atoms with Crippen molar-refractivity contribution in [2.75, 3.05) is 0 Å². The number of nitrogens with zero attached hydrogens (tertiary/aromatic N) is 4. The largest absolute Gasteiger partial charge is 0.347 e. The van der Waals surface area contributed by atoms with E-state index in [2.05, 4.69) is 20.3 Å². The fourth-order valence-corrected chi connectivity index (χ4v) is 1.17. The smallest absolute Gasteiger partial charge is 0.179 e. The van der Waals surface area contributed by atoms with Gasteiger partial charge in [-0.15, -0.1) is 5.10 Å². The first-order chi connectivity index (χ1) is 6.77. The second kappa shape index (κ2) is 3.41. The van der Waals surface area contributed by atoms with E-state index >= 15 is 0 Å². The highest BCUT2D eigenvalue weighted by Gasteiger charge is 2.09. The summed E-state index contributed by atoms with van der Waals surface area (Å²) >= 11 is 0. The number of ketones is 1. The number of hydrogen-bond acceptors (Lipinski definition) is 4. The van der Waals surface area contributed by atoms with Gasteiger partial charge in [0.1, 0.15) is 18.1 Å². The molecule has 0 fully saturated rings. The number of rotatable bonds is 3. The van der Waals surface area contributed by atoms with Crippen molar-refractivity contribution >= 4 is 5.78 Å². The number of aromatic amines is 1. The zero-order chi connectivity index (χ0) is 9.97. The Bertz CT molecular complexity index is 430. The van der Waals surface area contributed by atoms with E-state index in [-0.39, 0.29) is 5.78 Å². The lowest BCUT2D eigenvalue weighted by molar-refractivity contribution is 0.100. The summed E-state index contributed by atoms with van der Waals surface area (Å²) in [4.78, 5) is 18.1. The van der Waals surface area contributed by atoms with Crippen LogP contribution in [0.2, 0.25) is 0 Å². The molecule has 2 heterocycles. The SMILES string of the molecule is CC(=O)c1cnnn1Cc1ncc[nH]1. The second-order valence-electron chi connectivity index (χ2n) is 2.87. The number of imidazole rings is 1. The van der Waals surface area contributed by atoms with Crippen molar-refractivity contribution < 1.29 is 4.79 Å². The quantitative estimate of drug-likeness (QED) is 0.705.